The van der Waals surface area contributed by atoms with Crippen molar-refractivity contribution in [2.75, 3.05) is 29.9 Å². The van der Waals surface area contributed by atoms with Gasteiger partial charge in [0.05, 0.1) is 17.7 Å². The number of hydrogen-bond acceptors (Lipinski definition) is 5. The van der Waals surface area contributed by atoms with Crippen molar-refractivity contribution in [2.45, 2.75) is 17.7 Å². The minimum Gasteiger partial charge on any atom is -0.495 e. The first-order valence-corrected chi connectivity index (χ1v) is 10.3. The molecule has 3 rings (SSSR count). The Hall–Kier alpha value is -3.00. The number of hydrogen-bond donors (Lipinski definition) is 1. The molecule has 0 bridgehead atoms. The summed E-state index contributed by atoms with van der Waals surface area (Å²) in [5.41, 5.74) is 0.863. The first-order chi connectivity index (χ1) is 13.4. The van der Waals surface area contributed by atoms with Crippen LogP contribution >= 0.6 is 0 Å². The highest BCUT2D eigenvalue weighted by atomic mass is 32.2. The second kappa shape index (κ2) is 8.35. The van der Waals surface area contributed by atoms with Crippen molar-refractivity contribution in [3.05, 3.63) is 55.1 Å². The Morgan fingerprint density at radius 3 is 2.57 bits per heavy atom. The highest BCUT2D eigenvalue weighted by Gasteiger charge is 2.26. The molecule has 0 saturated carbocycles. The zero-order valence-electron chi connectivity index (χ0n) is 15.6. The molecule has 1 fully saturated rings. The van der Waals surface area contributed by atoms with Crippen LogP contribution in [0.25, 0.3) is 0 Å². The Morgan fingerprint density at radius 2 is 1.96 bits per heavy atom. The maximum absolute atomic E-state index is 12.8. The summed E-state index contributed by atoms with van der Waals surface area (Å²) in [7, 11) is -2.35. The minimum absolute atomic E-state index is 0.0454. The van der Waals surface area contributed by atoms with Gasteiger partial charge in [0.2, 0.25) is 5.91 Å². The van der Waals surface area contributed by atoms with E-state index in [0.717, 1.165) is 6.42 Å². The van der Waals surface area contributed by atoms with Crippen LogP contribution in [0.2, 0.25) is 0 Å². The molecule has 0 radical (unpaired) electrons. The van der Waals surface area contributed by atoms with Gasteiger partial charge in [0.1, 0.15) is 18.1 Å². The van der Waals surface area contributed by atoms with Crippen molar-refractivity contribution >= 4 is 27.3 Å². The Bertz CT molecular complexity index is 971. The number of ether oxygens (including phenoxy) is 2. The molecule has 1 saturated heterocycles. The van der Waals surface area contributed by atoms with Crippen LogP contribution in [0.15, 0.2) is 60.0 Å². The van der Waals surface area contributed by atoms with E-state index >= 15 is 0 Å². The van der Waals surface area contributed by atoms with Gasteiger partial charge in [-0.25, -0.2) is 8.42 Å². The zero-order chi connectivity index (χ0) is 20.1. The third-order valence-corrected chi connectivity index (χ3v) is 5.68. The average Bonchev–Trinajstić information content (AvgIpc) is 3.12. The number of amides is 1. The van der Waals surface area contributed by atoms with Gasteiger partial charge in [-0.1, -0.05) is 12.7 Å². The number of carbonyl (C=O) groups excluding carboxylic acids is 1. The number of benzene rings is 2. The lowest BCUT2D eigenvalue weighted by molar-refractivity contribution is -0.117. The number of anilines is 2. The molecule has 148 valence electrons. The SMILES string of the molecule is C=CCOc1ccc(NS(=O)(=O)c2ccc(OC)c(N3CCCC3=O)c2)cc1. The van der Waals surface area contributed by atoms with Crippen LogP contribution in [0.5, 0.6) is 11.5 Å². The summed E-state index contributed by atoms with van der Waals surface area (Å²) in [4.78, 5) is 13.7. The van der Waals surface area contributed by atoms with Gasteiger partial charge < -0.3 is 14.4 Å². The molecule has 1 amide bonds. The molecule has 0 spiro atoms. The predicted octanol–water partition coefficient (Wildman–Crippen LogP) is 3.19. The van der Waals surface area contributed by atoms with E-state index in [1.54, 1.807) is 41.3 Å². The number of rotatable bonds is 8. The molecular weight excluding hydrogens is 380 g/mol. The second-order valence-corrected chi connectivity index (χ2v) is 7.89. The summed E-state index contributed by atoms with van der Waals surface area (Å²) in [6.07, 6.45) is 2.80. The molecule has 8 heteroatoms. The van der Waals surface area contributed by atoms with Crippen molar-refractivity contribution in [3.8, 4) is 11.5 Å². The maximum atomic E-state index is 12.8. The molecule has 28 heavy (non-hydrogen) atoms. The average molecular weight is 402 g/mol. The lowest BCUT2D eigenvalue weighted by Crippen LogP contribution is -2.24. The number of nitrogens with one attached hydrogen (secondary N) is 1. The summed E-state index contributed by atoms with van der Waals surface area (Å²) >= 11 is 0. The van der Waals surface area contributed by atoms with E-state index in [1.165, 1.54) is 19.2 Å². The lowest BCUT2D eigenvalue weighted by Gasteiger charge is -2.20. The molecule has 1 aliphatic heterocycles. The molecule has 0 unspecified atom stereocenters. The van der Waals surface area contributed by atoms with Crippen LogP contribution in [0, 0.1) is 0 Å². The molecular formula is C20H22N2O5S. The number of nitrogens with zero attached hydrogens (tertiary/aromatic N) is 1. The molecule has 1 N–H and O–H groups in total. The Morgan fingerprint density at radius 1 is 1.21 bits per heavy atom. The highest BCUT2D eigenvalue weighted by Crippen LogP contribution is 2.34. The third kappa shape index (κ3) is 4.28. The van der Waals surface area contributed by atoms with Crippen LogP contribution < -0.4 is 19.1 Å². The van der Waals surface area contributed by atoms with Gasteiger partial charge >= 0.3 is 0 Å². The summed E-state index contributed by atoms with van der Waals surface area (Å²) in [6, 6.07) is 11.0. The van der Waals surface area contributed by atoms with Crippen LogP contribution in [0.3, 0.4) is 0 Å². The smallest absolute Gasteiger partial charge is 0.261 e. The van der Waals surface area contributed by atoms with Crippen molar-refractivity contribution in [1.29, 1.82) is 0 Å². The topological polar surface area (TPSA) is 84.9 Å². The first-order valence-electron chi connectivity index (χ1n) is 8.79. The second-order valence-electron chi connectivity index (χ2n) is 6.21. The van der Waals surface area contributed by atoms with Crippen molar-refractivity contribution in [3.63, 3.8) is 0 Å². The third-order valence-electron chi connectivity index (χ3n) is 4.30. The highest BCUT2D eigenvalue weighted by molar-refractivity contribution is 7.92. The fourth-order valence-corrected chi connectivity index (χ4v) is 4.02. The van der Waals surface area contributed by atoms with E-state index in [0.29, 0.717) is 42.4 Å². The maximum Gasteiger partial charge on any atom is 0.261 e. The van der Waals surface area contributed by atoms with Gasteiger partial charge in [-0.3, -0.25) is 9.52 Å². The van der Waals surface area contributed by atoms with Crippen LogP contribution in [0.4, 0.5) is 11.4 Å². The molecule has 2 aromatic rings. The summed E-state index contributed by atoms with van der Waals surface area (Å²) in [5, 5.41) is 0. The van der Waals surface area contributed by atoms with Crippen LogP contribution in [-0.2, 0) is 14.8 Å². The number of sulfonamides is 1. The Labute approximate surface area is 164 Å². The monoisotopic (exact) mass is 402 g/mol. The number of methoxy groups -OCH3 is 1. The standard InChI is InChI=1S/C20H22N2O5S/c1-3-13-27-16-8-6-15(7-9-16)21-28(24,25)17-10-11-19(26-2)18(14-17)22-12-4-5-20(22)23/h3,6-11,14,21H,1,4-5,12-13H2,2H3. The fourth-order valence-electron chi connectivity index (χ4n) is 2.94. The van der Waals surface area contributed by atoms with Gasteiger partial charge in [0.15, 0.2) is 0 Å². The number of carbonyl (C=O) groups is 1. The molecule has 7 nitrogen and oxygen atoms in total. The molecule has 1 aliphatic rings. The summed E-state index contributed by atoms with van der Waals surface area (Å²) in [6.45, 7) is 4.49. The Balaban J connectivity index is 1.85. The zero-order valence-corrected chi connectivity index (χ0v) is 16.4. The summed E-state index contributed by atoms with van der Waals surface area (Å²) < 4.78 is 38.8. The molecule has 1 heterocycles. The molecule has 0 aliphatic carbocycles. The lowest BCUT2D eigenvalue weighted by atomic mass is 10.2. The van der Waals surface area contributed by atoms with E-state index < -0.39 is 10.0 Å². The molecule has 2 aromatic carbocycles. The van der Waals surface area contributed by atoms with E-state index in [9.17, 15) is 13.2 Å². The largest absolute Gasteiger partial charge is 0.495 e. The van der Waals surface area contributed by atoms with E-state index in [1.807, 2.05) is 0 Å². The molecule has 0 atom stereocenters. The first kappa shape index (κ1) is 19.8. The van der Waals surface area contributed by atoms with Crippen LogP contribution in [0.1, 0.15) is 12.8 Å². The van der Waals surface area contributed by atoms with Crippen molar-refractivity contribution in [1.82, 2.24) is 0 Å². The van der Waals surface area contributed by atoms with E-state index in [-0.39, 0.29) is 10.8 Å². The normalized spacial score (nSPS) is 14.0. The predicted molar refractivity (Wildman–Crippen MR) is 108 cm³/mol. The summed E-state index contributed by atoms with van der Waals surface area (Å²) in [5.74, 6) is 1.02. The van der Waals surface area contributed by atoms with Gasteiger partial charge in [0, 0.05) is 18.7 Å². The van der Waals surface area contributed by atoms with Crippen molar-refractivity contribution in [2.24, 2.45) is 0 Å². The Kier molecular flexibility index (Phi) is 5.89. The van der Waals surface area contributed by atoms with Gasteiger partial charge in [-0.05, 0) is 48.9 Å². The van der Waals surface area contributed by atoms with E-state index in [2.05, 4.69) is 11.3 Å². The van der Waals surface area contributed by atoms with Gasteiger partial charge in [-0.2, -0.15) is 0 Å². The quantitative estimate of drug-likeness (QED) is 0.686. The van der Waals surface area contributed by atoms with Crippen molar-refractivity contribution < 1.29 is 22.7 Å². The van der Waals surface area contributed by atoms with E-state index in [4.69, 9.17) is 9.47 Å². The molecule has 0 aromatic heterocycles. The minimum atomic E-state index is -3.84. The van der Waals surface area contributed by atoms with Crippen LogP contribution in [-0.4, -0.2) is 34.6 Å². The van der Waals surface area contributed by atoms with Gasteiger partial charge in [0.25, 0.3) is 10.0 Å². The van der Waals surface area contributed by atoms with Gasteiger partial charge in [-0.15, -0.1) is 0 Å². The fraction of sp³-hybridized carbons (Fsp3) is 0.250.